The van der Waals surface area contributed by atoms with Crippen LogP contribution in [0.2, 0.25) is 0 Å². The van der Waals surface area contributed by atoms with Gasteiger partial charge in [-0.1, -0.05) is 0 Å². The van der Waals surface area contributed by atoms with E-state index < -0.39 is 10.0 Å². The Morgan fingerprint density at radius 1 is 1.33 bits per heavy atom. The maximum atomic E-state index is 12.5. The van der Waals surface area contributed by atoms with Gasteiger partial charge in [-0.05, 0) is 32.9 Å². The number of nitrogens with two attached hydrogens (primary N) is 1. The molecular formula is C12H22N6O2S. The van der Waals surface area contributed by atoms with E-state index in [1.807, 2.05) is 14.1 Å². The van der Waals surface area contributed by atoms with Crippen LogP contribution in [0, 0.1) is 5.92 Å². The van der Waals surface area contributed by atoms with Crippen molar-refractivity contribution in [1.82, 2.24) is 19.2 Å². The Morgan fingerprint density at radius 3 is 2.38 bits per heavy atom. The van der Waals surface area contributed by atoms with E-state index in [1.54, 1.807) is 0 Å². The summed E-state index contributed by atoms with van der Waals surface area (Å²) in [5.41, 5.74) is 2.27. The van der Waals surface area contributed by atoms with Crippen LogP contribution in [-0.2, 0) is 10.0 Å². The van der Waals surface area contributed by atoms with Crippen molar-refractivity contribution in [2.24, 2.45) is 11.8 Å². The van der Waals surface area contributed by atoms with E-state index in [4.69, 9.17) is 5.84 Å². The number of nitrogen functional groups attached to an aromatic ring is 1. The van der Waals surface area contributed by atoms with Gasteiger partial charge < -0.3 is 4.90 Å². The monoisotopic (exact) mass is 314 g/mol. The first-order valence-corrected chi connectivity index (χ1v) is 8.31. The van der Waals surface area contributed by atoms with Gasteiger partial charge in [-0.2, -0.15) is 4.31 Å². The van der Waals surface area contributed by atoms with Crippen LogP contribution in [0.25, 0.3) is 0 Å². The zero-order valence-electron chi connectivity index (χ0n) is 12.4. The Bertz CT molecular complexity index is 552. The van der Waals surface area contributed by atoms with Crippen LogP contribution in [-0.4, -0.2) is 61.3 Å². The third-order valence-electron chi connectivity index (χ3n) is 3.59. The number of aromatic nitrogens is 2. The van der Waals surface area contributed by atoms with Gasteiger partial charge in [0.05, 0.1) is 12.4 Å². The lowest BCUT2D eigenvalue weighted by Crippen LogP contribution is -2.40. The number of nitrogens with zero attached hydrogens (tertiary/aromatic N) is 4. The minimum Gasteiger partial charge on any atom is -0.309 e. The van der Waals surface area contributed by atoms with Crippen molar-refractivity contribution in [1.29, 1.82) is 0 Å². The predicted octanol–water partition coefficient (Wildman–Crippen LogP) is -0.275. The molecule has 8 nitrogen and oxygen atoms in total. The summed E-state index contributed by atoms with van der Waals surface area (Å²) in [6, 6.07) is 0. The maximum Gasteiger partial charge on any atom is 0.246 e. The van der Waals surface area contributed by atoms with Crippen molar-refractivity contribution in [3.63, 3.8) is 0 Å². The van der Waals surface area contributed by atoms with Crippen molar-refractivity contribution in [3.05, 3.63) is 12.4 Å². The molecule has 1 fully saturated rings. The molecule has 1 aromatic rings. The van der Waals surface area contributed by atoms with E-state index in [0.29, 0.717) is 19.0 Å². The quantitative estimate of drug-likeness (QED) is 0.569. The smallest absolute Gasteiger partial charge is 0.246 e. The fraction of sp³-hybridized carbons (Fsp3) is 0.667. The Balaban J connectivity index is 2.03. The lowest BCUT2D eigenvalue weighted by molar-refractivity contribution is 0.225. The molecule has 9 heteroatoms. The predicted molar refractivity (Wildman–Crippen MR) is 79.9 cm³/mol. The third kappa shape index (κ3) is 3.88. The van der Waals surface area contributed by atoms with Gasteiger partial charge in [0, 0.05) is 19.6 Å². The molecule has 0 atom stereocenters. The summed E-state index contributed by atoms with van der Waals surface area (Å²) in [6.07, 6.45) is 4.31. The van der Waals surface area contributed by atoms with Gasteiger partial charge in [0.15, 0.2) is 0 Å². The molecule has 0 aromatic carbocycles. The first kappa shape index (κ1) is 16.1. The average molecular weight is 314 g/mol. The highest BCUT2D eigenvalue weighted by atomic mass is 32.2. The summed E-state index contributed by atoms with van der Waals surface area (Å²) in [5, 5.41) is 0. The number of anilines is 1. The zero-order chi connectivity index (χ0) is 15.5. The molecule has 1 aliphatic heterocycles. The molecule has 2 rings (SSSR count). The van der Waals surface area contributed by atoms with Crippen molar-refractivity contribution >= 4 is 16.0 Å². The Morgan fingerprint density at radius 2 is 1.90 bits per heavy atom. The largest absolute Gasteiger partial charge is 0.309 e. The van der Waals surface area contributed by atoms with Crippen LogP contribution in [0.15, 0.2) is 17.3 Å². The lowest BCUT2D eigenvalue weighted by Gasteiger charge is -2.32. The highest BCUT2D eigenvalue weighted by Gasteiger charge is 2.30. The Labute approximate surface area is 125 Å². The Hall–Kier alpha value is -1.29. The van der Waals surface area contributed by atoms with E-state index in [1.165, 1.54) is 16.7 Å². The summed E-state index contributed by atoms with van der Waals surface area (Å²) in [6.45, 7) is 2.07. The van der Waals surface area contributed by atoms with Gasteiger partial charge in [-0.15, -0.1) is 0 Å². The molecule has 0 bridgehead atoms. The molecule has 1 aliphatic rings. The van der Waals surface area contributed by atoms with Crippen molar-refractivity contribution in [3.8, 4) is 0 Å². The van der Waals surface area contributed by atoms with Crippen LogP contribution in [0.1, 0.15) is 12.8 Å². The van der Waals surface area contributed by atoms with Crippen LogP contribution >= 0.6 is 0 Å². The molecule has 2 heterocycles. The second-order valence-electron chi connectivity index (χ2n) is 5.50. The number of rotatable bonds is 5. The fourth-order valence-electron chi connectivity index (χ4n) is 2.52. The van der Waals surface area contributed by atoms with E-state index in [9.17, 15) is 8.42 Å². The lowest BCUT2D eigenvalue weighted by atomic mass is 9.98. The summed E-state index contributed by atoms with van der Waals surface area (Å²) in [4.78, 5) is 9.95. The standard InChI is InChI=1S/C12H22N6O2S/c1-17(2)9-10-3-5-18(6-4-10)21(19,20)11-7-14-12(16-13)15-8-11/h7-8,10H,3-6,9,13H2,1-2H3,(H,14,15,16). The number of hydrogen-bond donors (Lipinski definition) is 2. The zero-order valence-corrected chi connectivity index (χ0v) is 13.2. The van der Waals surface area contributed by atoms with Gasteiger partial charge in [-0.25, -0.2) is 24.2 Å². The molecule has 0 amide bonds. The minimum absolute atomic E-state index is 0.104. The van der Waals surface area contributed by atoms with Crippen LogP contribution in [0.3, 0.4) is 0 Å². The van der Waals surface area contributed by atoms with Crippen LogP contribution < -0.4 is 11.3 Å². The van der Waals surface area contributed by atoms with E-state index in [0.717, 1.165) is 19.4 Å². The molecule has 3 N–H and O–H groups in total. The first-order valence-electron chi connectivity index (χ1n) is 6.87. The molecular weight excluding hydrogens is 292 g/mol. The SMILES string of the molecule is CN(C)CC1CCN(S(=O)(=O)c2cnc(NN)nc2)CC1. The summed E-state index contributed by atoms with van der Waals surface area (Å²) >= 11 is 0. The first-order chi connectivity index (χ1) is 9.93. The van der Waals surface area contributed by atoms with E-state index in [-0.39, 0.29) is 10.8 Å². The molecule has 1 aromatic heterocycles. The fourth-order valence-corrected chi connectivity index (χ4v) is 3.88. The number of hydrogen-bond acceptors (Lipinski definition) is 7. The second-order valence-corrected chi connectivity index (χ2v) is 7.43. The van der Waals surface area contributed by atoms with E-state index in [2.05, 4.69) is 20.3 Å². The van der Waals surface area contributed by atoms with Crippen molar-refractivity contribution < 1.29 is 8.42 Å². The van der Waals surface area contributed by atoms with E-state index >= 15 is 0 Å². The van der Waals surface area contributed by atoms with Crippen LogP contribution in [0.5, 0.6) is 0 Å². The highest BCUT2D eigenvalue weighted by molar-refractivity contribution is 7.89. The van der Waals surface area contributed by atoms with Gasteiger partial charge in [0.1, 0.15) is 4.90 Å². The topological polar surface area (TPSA) is 104 Å². The Kier molecular flexibility index (Phi) is 5.09. The molecule has 0 aliphatic carbocycles. The van der Waals surface area contributed by atoms with Crippen LogP contribution in [0.4, 0.5) is 5.95 Å². The summed E-state index contributed by atoms with van der Waals surface area (Å²) in [5.74, 6) is 5.91. The molecule has 0 radical (unpaired) electrons. The summed E-state index contributed by atoms with van der Waals surface area (Å²) in [7, 11) is 0.558. The van der Waals surface area contributed by atoms with Gasteiger partial charge in [0.25, 0.3) is 0 Å². The van der Waals surface area contributed by atoms with Crippen molar-refractivity contribution in [2.75, 3.05) is 39.2 Å². The molecule has 118 valence electrons. The van der Waals surface area contributed by atoms with Gasteiger partial charge in [0.2, 0.25) is 16.0 Å². The number of piperidine rings is 1. The molecule has 0 saturated carbocycles. The minimum atomic E-state index is -3.51. The number of sulfonamides is 1. The normalized spacial score (nSPS) is 18.1. The molecule has 0 unspecified atom stereocenters. The summed E-state index contributed by atoms with van der Waals surface area (Å²) < 4.78 is 26.5. The molecule has 21 heavy (non-hydrogen) atoms. The molecule has 1 saturated heterocycles. The molecule has 0 spiro atoms. The van der Waals surface area contributed by atoms with Gasteiger partial charge >= 0.3 is 0 Å². The van der Waals surface area contributed by atoms with Gasteiger partial charge in [-0.3, -0.25) is 5.43 Å². The van der Waals surface area contributed by atoms with Crippen molar-refractivity contribution in [2.45, 2.75) is 17.7 Å². The highest BCUT2D eigenvalue weighted by Crippen LogP contribution is 2.23. The number of hydrazine groups is 1. The third-order valence-corrected chi connectivity index (χ3v) is 5.44. The second kappa shape index (κ2) is 6.65. The maximum absolute atomic E-state index is 12.5. The average Bonchev–Trinajstić information content (AvgIpc) is 2.47. The number of nitrogens with one attached hydrogen (secondary N) is 1.